The van der Waals surface area contributed by atoms with Gasteiger partial charge in [-0.2, -0.15) is 0 Å². The van der Waals surface area contributed by atoms with Crippen LogP contribution in [0, 0.1) is 0 Å². The smallest absolute Gasteiger partial charge is 0.191 e. The zero-order chi connectivity index (χ0) is 18.0. The molecule has 1 aromatic carbocycles. The maximum atomic E-state index is 5.39. The van der Waals surface area contributed by atoms with Crippen molar-refractivity contribution in [2.45, 2.75) is 25.8 Å². The van der Waals surface area contributed by atoms with E-state index in [4.69, 9.17) is 4.74 Å². The summed E-state index contributed by atoms with van der Waals surface area (Å²) in [5, 5.41) is 6.90. The van der Waals surface area contributed by atoms with E-state index < -0.39 is 0 Å². The average molecular weight is 487 g/mol. The Kier molecular flexibility index (Phi) is 10.2. The molecule has 27 heavy (non-hydrogen) atoms. The molecule has 0 unspecified atom stereocenters. The second kappa shape index (κ2) is 12.4. The number of ether oxygens (including phenoxy) is 1. The second-order valence-corrected chi connectivity index (χ2v) is 6.98. The van der Waals surface area contributed by atoms with Gasteiger partial charge in [0.2, 0.25) is 0 Å². The lowest BCUT2D eigenvalue weighted by Gasteiger charge is -2.31. The number of guanidine groups is 1. The van der Waals surface area contributed by atoms with Crippen molar-refractivity contribution < 1.29 is 4.74 Å². The number of benzene rings is 1. The highest BCUT2D eigenvalue weighted by atomic mass is 127. The van der Waals surface area contributed by atoms with E-state index in [1.54, 1.807) is 0 Å². The van der Waals surface area contributed by atoms with Crippen LogP contribution in [0.4, 0.5) is 5.69 Å². The third kappa shape index (κ3) is 7.12. The minimum atomic E-state index is 0. The van der Waals surface area contributed by atoms with E-state index in [1.807, 2.05) is 7.05 Å². The molecule has 2 saturated heterocycles. The predicted molar refractivity (Wildman–Crippen MR) is 123 cm³/mol. The van der Waals surface area contributed by atoms with Gasteiger partial charge in [-0.05, 0) is 30.9 Å². The number of piperidine rings is 1. The van der Waals surface area contributed by atoms with Gasteiger partial charge in [0.25, 0.3) is 0 Å². The lowest BCUT2D eigenvalue weighted by Crippen LogP contribution is -2.44. The van der Waals surface area contributed by atoms with Gasteiger partial charge in [-0.1, -0.05) is 18.2 Å². The molecule has 6 nitrogen and oxygen atoms in total. The van der Waals surface area contributed by atoms with Crippen LogP contribution >= 0.6 is 24.0 Å². The van der Waals surface area contributed by atoms with Crippen molar-refractivity contribution in [3.8, 4) is 0 Å². The molecule has 3 rings (SSSR count). The lowest BCUT2D eigenvalue weighted by atomic mass is 10.1. The third-order valence-electron chi connectivity index (χ3n) is 5.18. The summed E-state index contributed by atoms with van der Waals surface area (Å²) in [5.41, 5.74) is 2.70. The summed E-state index contributed by atoms with van der Waals surface area (Å²) in [5.74, 6) is 0.867. The Balaban J connectivity index is 0.00000261. The second-order valence-electron chi connectivity index (χ2n) is 6.98. The van der Waals surface area contributed by atoms with Crippen molar-refractivity contribution in [2.24, 2.45) is 4.99 Å². The SMILES string of the molecule is CN=C(NCCN1CCOCC1)NCc1ccccc1N1CCCCC1.I. The molecule has 2 fully saturated rings. The van der Waals surface area contributed by atoms with E-state index in [0.717, 1.165) is 51.9 Å². The van der Waals surface area contributed by atoms with Crippen LogP contribution in [0.15, 0.2) is 29.3 Å². The van der Waals surface area contributed by atoms with E-state index in [-0.39, 0.29) is 24.0 Å². The van der Waals surface area contributed by atoms with Crippen LogP contribution in [0.1, 0.15) is 24.8 Å². The number of morpholine rings is 1. The Bertz CT molecular complexity index is 571. The van der Waals surface area contributed by atoms with Gasteiger partial charge in [0.15, 0.2) is 5.96 Å². The third-order valence-corrected chi connectivity index (χ3v) is 5.18. The van der Waals surface area contributed by atoms with Crippen LogP contribution in [0.5, 0.6) is 0 Å². The summed E-state index contributed by atoms with van der Waals surface area (Å²) in [6.45, 7) is 8.80. The maximum absolute atomic E-state index is 5.39. The zero-order valence-electron chi connectivity index (χ0n) is 16.5. The van der Waals surface area contributed by atoms with Crippen molar-refractivity contribution in [1.29, 1.82) is 0 Å². The van der Waals surface area contributed by atoms with Crippen molar-refractivity contribution in [1.82, 2.24) is 15.5 Å². The number of nitrogens with zero attached hydrogens (tertiary/aromatic N) is 3. The van der Waals surface area contributed by atoms with Crippen molar-refractivity contribution >= 4 is 35.6 Å². The molecular formula is C20H34IN5O. The molecular weight excluding hydrogens is 453 g/mol. The fraction of sp³-hybridized carbons (Fsp3) is 0.650. The monoisotopic (exact) mass is 487 g/mol. The van der Waals surface area contributed by atoms with Crippen molar-refractivity contribution in [3.05, 3.63) is 29.8 Å². The molecule has 152 valence electrons. The van der Waals surface area contributed by atoms with E-state index in [1.165, 1.54) is 43.6 Å². The molecule has 0 aliphatic carbocycles. The number of para-hydroxylation sites is 1. The Hall–Kier alpha value is -1.06. The van der Waals surface area contributed by atoms with Gasteiger partial charge in [0, 0.05) is 58.5 Å². The number of hydrogen-bond donors (Lipinski definition) is 2. The Morgan fingerprint density at radius 1 is 1.04 bits per heavy atom. The normalized spacial score (nSPS) is 18.7. The largest absolute Gasteiger partial charge is 0.379 e. The van der Waals surface area contributed by atoms with Gasteiger partial charge in [0.05, 0.1) is 13.2 Å². The summed E-state index contributed by atoms with van der Waals surface area (Å²) in [6.07, 6.45) is 3.95. The highest BCUT2D eigenvalue weighted by molar-refractivity contribution is 14.0. The molecule has 0 saturated carbocycles. The van der Waals surface area contributed by atoms with Gasteiger partial charge in [0.1, 0.15) is 0 Å². The standard InChI is InChI=1S/C20H33N5O.HI/c1-21-20(22-9-12-24-13-15-26-16-14-24)23-17-18-7-3-4-8-19(18)25-10-5-2-6-11-25;/h3-4,7-8H,2,5-6,9-17H2,1H3,(H2,21,22,23);1H. The van der Waals surface area contributed by atoms with E-state index in [0.29, 0.717) is 0 Å². The summed E-state index contributed by atoms with van der Waals surface area (Å²) in [4.78, 5) is 9.31. The molecule has 7 heteroatoms. The molecule has 0 aromatic heterocycles. The summed E-state index contributed by atoms with van der Waals surface area (Å²) in [7, 11) is 1.83. The topological polar surface area (TPSA) is 52.1 Å². The number of aliphatic imine (C=N–C) groups is 1. The number of nitrogens with one attached hydrogen (secondary N) is 2. The molecule has 0 atom stereocenters. The summed E-state index contributed by atoms with van der Waals surface area (Å²) < 4.78 is 5.39. The highest BCUT2D eigenvalue weighted by Crippen LogP contribution is 2.23. The van der Waals surface area contributed by atoms with Crippen LogP contribution in [-0.2, 0) is 11.3 Å². The maximum Gasteiger partial charge on any atom is 0.191 e. The minimum Gasteiger partial charge on any atom is -0.379 e. The molecule has 2 N–H and O–H groups in total. The average Bonchev–Trinajstić information content (AvgIpc) is 2.72. The van der Waals surface area contributed by atoms with Crippen LogP contribution in [0.3, 0.4) is 0 Å². The molecule has 1 aromatic rings. The number of anilines is 1. The first-order valence-electron chi connectivity index (χ1n) is 9.94. The molecule has 2 aliphatic rings. The van der Waals surface area contributed by atoms with E-state index in [2.05, 4.69) is 49.7 Å². The summed E-state index contributed by atoms with van der Waals surface area (Å²) in [6, 6.07) is 8.73. The molecule has 0 spiro atoms. The van der Waals surface area contributed by atoms with Crippen LogP contribution in [0.25, 0.3) is 0 Å². The number of hydrogen-bond acceptors (Lipinski definition) is 4. The van der Waals surface area contributed by atoms with E-state index in [9.17, 15) is 0 Å². The molecule has 2 heterocycles. The molecule has 0 bridgehead atoms. The Morgan fingerprint density at radius 2 is 1.78 bits per heavy atom. The quantitative estimate of drug-likeness (QED) is 0.367. The zero-order valence-corrected chi connectivity index (χ0v) is 18.8. The Labute approximate surface area is 180 Å². The van der Waals surface area contributed by atoms with Gasteiger partial charge in [-0.25, -0.2) is 0 Å². The first-order chi connectivity index (χ1) is 12.9. The Morgan fingerprint density at radius 3 is 2.52 bits per heavy atom. The first-order valence-corrected chi connectivity index (χ1v) is 9.94. The van der Waals surface area contributed by atoms with Crippen molar-refractivity contribution in [2.75, 3.05) is 64.4 Å². The molecule has 2 aliphatic heterocycles. The van der Waals surface area contributed by atoms with Crippen LogP contribution in [0.2, 0.25) is 0 Å². The minimum absolute atomic E-state index is 0. The highest BCUT2D eigenvalue weighted by Gasteiger charge is 2.14. The molecule has 0 radical (unpaired) electrons. The van der Waals surface area contributed by atoms with Gasteiger partial charge < -0.3 is 20.3 Å². The van der Waals surface area contributed by atoms with Gasteiger partial charge >= 0.3 is 0 Å². The number of rotatable bonds is 6. The van der Waals surface area contributed by atoms with Crippen LogP contribution in [-0.4, -0.2) is 70.4 Å². The molecule has 0 amide bonds. The van der Waals surface area contributed by atoms with Gasteiger partial charge in [-0.3, -0.25) is 9.89 Å². The fourth-order valence-corrected chi connectivity index (χ4v) is 3.66. The number of halogens is 1. The summed E-state index contributed by atoms with van der Waals surface area (Å²) >= 11 is 0. The first kappa shape index (κ1) is 22.2. The van der Waals surface area contributed by atoms with Crippen LogP contribution < -0.4 is 15.5 Å². The van der Waals surface area contributed by atoms with Crippen molar-refractivity contribution in [3.63, 3.8) is 0 Å². The fourth-order valence-electron chi connectivity index (χ4n) is 3.66. The van der Waals surface area contributed by atoms with Gasteiger partial charge in [-0.15, -0.1) is 24.0 Å². The lowest BCUT2D eigenvalue weighted by molar-refractivity contribution is 0.0389. The van der Waals surface area contributed by atoms with E-state index >= 15 is 0 Å². The predicted octanol–water partition coefficient (Wildman–Crippen LogP) is 2.29.